The molecule has 1 N–H and O–H groups in total. The highest BCUT2D eigenvalue weighted by Crippen LogP contribution is 2.34. The number of rotatable bonds is 4. The third kappa shape index (κ3) is 3.39. The second-order valence-electron chi connectivity index (χ2n) is 5.91. The Balaban J connectivity index is 1.62. The van der Waals surface area contributed by atoms with Crippen LogP contribution in [-0.2, 0) is 15.9 Å². The van der Waals surface area contributed by atoms with Crippen LogP contribution in [0.1, 0.15) is 42.9 Å². The van der Waals surface area contributed by atoms with Crippen molar-refractivity contribution in [2.75, 3.05) is 20.3 Å². The quantitative estimate of drug-likeness (QED) is 0.927. The first-order valence-corrected chi connectivity index (χ1v) is 7.86. The van der Waals surface area contributed by atoms with Crippen LogP contribution in [0.3, 0.4) is 0 Å². The molecule has 1 saturated heterocycles. The van der Waals surface area contributed by atoms with Crippen LogP contribution < -0.4 is 4.74 Å². The summed E-state index contributed by atoms with van der Waals surface area (Å²) in [6.45, 7) is 1.42. The molecular weight excluding hydrogens is 268 g/mol. The smallest absolute Gasteiger partial charge is 0.119 e. The summed E-state index contributed by atoms with van der Waals surface area (Å²) in [7, 11) is 1.64. The van der Waals surface area contributed by atoms with Crippen molar-refractivity contribution in [1.82, 2.24) is 0 Å². The number of aryl methyl sites for hydroxylation is 1. The highest BCUT2D eigenvalue weighted by molar-refractivity contribution is 5.39. The van der Waals surface area contributed by atoms with Crippen molar-refractivity contribution in [2.45, 2.75) is 50.4 Å². The molecule has 1 fully saturated rings. The van der Waals surface area contributed by atoms with E-state index in [0.29, 0.717) is 6.61 Å². The van der Waals surface area contributed by atoms with Gasteiger partial charge >= 0.3 is 0 Å². The lowest BCUT2D eigenvalue weighted by atomic mass is 9.87. The number of aliphatic hydroxyl groups excluding tert-OH is 1. The first-order chi connectivity index (χ1) is 10.3. The molecule has 21 heavy (non-hydrogen) atoms. The summed E-state index contributed by atoms with van der Waals surface area (Å²) in [5.41, 5.74) is 2.13. The molecule has 3 unspecified atom stereocenters. The summed E-state index contributed by atoms with van der Waals surface area (Å²) in [5.74, 6) is 0.782. The molecule has 4 heteroatoms. The van der Waals surface area contributed by atoms with Crippen LogP contribution in [0.4, 0.5) is 0 Å². The van der Waals surface area contributed by atoms with Crippen molar-refractivity contribution in [2.24, 2.45) is 0 Å². The van der Waals surface area contributed by atoms with E-state index < -0.39 is 6.10 Å². The predicted molar refractivity (Wildman–Crippen MR) is 79.6 cm³/mol. The molecule has 1 aromatic rings. The first-order valence-electron chi connectivity index (χ1n) is 7.86. The van der Waals surface area contributed by atoms with Gasteiger partial charge in [-0.25, -0.2) is 0 Å². The van der Waals surface area contributed by atoms with Gasteiger partial charge in [-0.1, -0.05) is 6.07 Å². The van der Waals surface area contributed by atoms with E-state index in [1.54, 1.807) is 7.11 Å². The molecule has 116 valence electrons. The number of benzene rings is 1. The van der Waals surface area contributed by atoms with Crippen molar-refractivity contribution in [1.29, 1.82) is 0 Å². The van der Waals surface area contributed by atoms with Crippen LogP contribution in [-0.4, -0.2) is 37.6 Å². The van der Waals surface area contributed by atoms with E-state index in [4.69, 9.17) is 14.2 Å². The van der Waals surface area contributed by atoms with Crippen molar-refractivity contribution in [3.63, 3.8) is 0 Å². The number of hydrogen-bond donors (Lipinski definition) is 1. The van der Waals surface area contributed by atoms with E-state index >= 15 is 0 Å². The van der Waals surface area contributed by atoms with Crippen LogP contribution in [0.15, 0.2) is 18.2 Å². The molecule has 1 heterocycles. The zero-order valence-corrected chi connectivity index (χ0v) is 12.6. The highest BCUT2D eigenvalue weighted by Gasteiger charge is 2.30. The minimum Gasteiger partial charge on any atom is -0.497 e. The molecule has 3 rings (SSSR count). The molecule has 0 aromatic heterocycles. The van der Waals surface area contributed by atoms with E-state index in [1.165, 1.54) is 12.0 Å². The minimum absolute atomic E-state index is 0.143. The molecule has 0 radical (unpaired) electrons. The summed E-state index contributed by atoms with van der Waals surface area (Å²) in [6, 6.07) is 5.91. The average molecular weight is 292 g/mol. The Bertz CT molecular complexity index is 468. The van der Waals surface area contributed by atoms with Gasteiger partial charge < -0.3 is 19.3 Å². The van der Waals surface area contributed by atoms with Gasteiger partial charge in [0.25, 0.3) is 0 Å². The van der Waals surface area contributed by atoms with E-state index in [0.717, 1.165) is 43.6 Å². The van der Waals surface area contributed by atoms with Crippen molar-refractivity contribution < 1.29 is 19.3 Å². The van der Waals surface area contributed by atoms with Gasteiger partial charge in [0.05, 0.1) is 25.9 Å². The van der Waals surface area contributed by atoms with Crippen LogP contribution in [0.2, 0.25) is 0 Å². The van der Waals surface area contributed by atoms with Gasteiger partial charge in [-0.15, -0.1) is 0 Å². The summed E-state index contributed by atoms with van der Waals surface area (Å²) < 4.78 is 16.9. The zero-order valence-electron chi connectivity index (χ0n) is 12.6. The Labute approximate surface area is 126 Å². The van der Waals surface area contributed by atoms with Gasteiger partial charge in [0.2, 0.25) is 0 Å². The number of aliphatic hydroxyl groups is 1. The summed E-state index contributed by atoms with van der Waals surface area (Å²) in [5, 5.41) is 10.5. The van der Waals surface area contributed by atoms with E-state index in [9.17, 15) is 5.11 Å². The van der Waals surface area contributed by atoms with Gasteiger partial charge in [-0.05, 0) is 55.4 Å². The van der Waals surface area contributed by atoms with Crippen LogP contribution in [0, 0.1) is 0 Å². The van der Waals surface area contributed by atoms with Gasteiger partial charge in [0.1, 0.15) is 11.9 Å². The molecule has 3 atom stereocenters. The van der Waals surface area contributed by atoms with E-state index in [-0.39, 0.29) is 12.2 Å². The van der Waals surface area contributed by atoms with Crippen LogP contribution in [0.25, 0.3) is 0 Å². The summed E-state index contributed by atoms with van der Waals surface area (Å²) in [4.78, 5) is 0. The van der Waals surface area contributed by atoms with Crippen molar-refractivity contribution >= 4 is 0 Å². The fraction of sp³-hybridized carbons (Fsp3) is 0.647. The second kappa shape index (κ2) is 6.77. The number of methoxy groups -OCH3 is 1. The SMILES string of the molecule is COc1ccc2c(c1)C(O)C(OCC1CCCCO1)CC2. The lowest BCUT2D eigenvalue weighted by Crippen LogP contribution is -2.33. The normalized spacial score (nSPS) is 29.0. The van der Waals surface area contributed by atoms with Crippen molar-refractivity contribution in [3.05, 3.63) is 29.3 Å². The molecular formula is C17H24O4. The summed E-state index contributed by atoms with van der Waals surface area (Å²) in [6.07, 6.45) is 4.68. The zero-order chi connectivity index (χ0) is 14.7. The molecule has 0 spiro atoms. The average Bonchev–Trinajstić information content (AvgIpc) is 2.55. The molecule has 0 bridgehead atoms. The van der Waals surface area contributed by atoms with Gasteiger partial charge in [0.15, 0.2) is 0 Å². The standard InChI is InChI=1S/C17H24O4/c1-19-13-7-5-12-6-8-16(17(18)15(12)10-13)21-11-14-4-2-3-9-20-14/h5,7,10,14,16-18H,2-4,6,8-9,11H2,1H3. The maximum atomic E-state index is 10.5. The Morgan fingerprint density at radius 1 is 1.29 bits per heavy atom. The lowest BCUT2D eigenvalue weighted by Gasteiger charge is -2.32. The van der Waals surface area contributed by atoms with Gasteiger partial charge in [-0.2, -0.15) is 0 Å². The van der Waals surface area contributed by atoms with Crippen LogP contribution >= 0.6 is 0 Å². The van der Waals surface area contributed by atoms with Crippen LogP contribution in [0.5, 0.6) is 5.75 Å². The number of hydrogen-bond acceptors (Lipinski definition) is 4. The topological polar surface area (TPSA) is 47.9 Å². The van der Waals surface area contributed by atoms with E-state index in [1.807, 2.05) is 18.2 Å². The molecule has 2 aliphatic rings. The molecule has 4 nitrogen and oxygen atoms in total. The van der Waals surface area contributed by atoms with Gasteiger partial charge in [0, 0.05) is 6.61 Å². The number of ether oxygens (including phenoxy) is 3. The molecule has 1 aliphatic carbocycles. The number of fused-ring (bicyclic) bond motifs is 1. The monoisotopic (exact) mass is 292 g/mol. The molecule has 1 aromatic carbocycles. The summed E-state index contributed by atoms with van der Waals surface area (Å²) >= 11 is 0. The first kappa shape index (κ1) is 14.8. The maximum absolute atomic E-state index is 10.5. The van der Waals surface area contributed by atoms with Gasteiger partial charge in [-0.3, -0.25) is 0 Å². The third-order valence-electron chi connectivity index (χ3n) is 4.49. The molecule has 0 amide bonds. The Hall–Kier alpha value is -1.10. The largest absolute Gasteiger partial charge is 0.497 e. The van der Waals surface area contributed by atoms with E-state index in [2.05, 4.69) is 0 Å². The Morgan fingerprint density at radius 2 is 2.19 bits per heavy atom. The third-order valence-corrected chi connectivity index (χ3v) is 4.49. The molecule has 1 aliphatic heterocycles. The fourth-order valence-electron chi connectivity index (χ4n) is 3.20. The molecule has 0 saturated carbocycles. The Morgan fingerprint density at radius 3 is 2.95 bits per heavy atom. The predicted octanol–water partition coefficient (Wildman–Crippen LogP) is 2.63. The van der Waals surface area contributed by atoms with Crippen molar-refractivity contribution in [3.8, 4) is 5.75 Å². The minimum atomic E-state index is -0.576. The lowest BCUT2D eigenvalue weighted by molar-refractivity contribution is -0.0997. The fourth-order valence-corrected chi connectivity index (χ4v) is 3.20. The maximum Gasteiger partial charge on any atom is 0.119 e. The highest BCUT2D eigenvalue weighted by atomic mass is 16.5. The Kier molecular flexibility index (Phi) is 4.78. The second-order valence-corrected chi connectivity index (χ2v) is 5.91.